The second-order valence-electron chi connectivity index (χ2n) is 4.90. The van der Waals surface area contributed by atoms with Crippen molar-refractivity contribution in [3.8, 4) is 0 Å². The lowest BCUT2D eigenvalue weighted by Crippen LogP contribution is -2.31. The van der Waals surface area contributed by atoms with Crippen LogP contribution in [0.1, 0.15) is 31.2 Å². The molecule has 82 valence electrons. The van der Waals surface area contributed by atoms with Gasteiger partial charge in [0.2, 0.25) is 0 Å². The molecule has 0 saturated heterocycles. The zero-order valence-corrected chi connectivity index (χ0v) is 9.63. The Hall–Kier alpha value is -0.820. The van der Waals surface area contributed by atoms with Gasteiger partial charge in [-0.3, -0.25) is 0 Å². The fourth-order valence-corrected chi connectivity index (χ4v) is 2.94. The molecular weight excluding hydrogens is 182 g/mol. The highest BCUT2D eigenvalue weighted by Crippen LogP contribution is 2.40. The van der Waals surface area contributed by atoms with Gasteiger partial charge in [0.05, 0.1) is 0 Å². The van der Waals surface area contributed by atoms with Gasteiger partial charge in [-0.25, -0.2) is 0 Å². The number of hydrogen-bond acceptors (Lipinski definition) is 1. The smallest absolute Gasteiger partial charge is 0.000799 e. The van der Waals surface area contributed by atoms with Gasteiger partial charge < -0.3 is 5.32 Å². The third-order valence-electron chi connectivity index (χ3n) is 3.64. The van der Waals surface area contributed by atoms with Crippen LogP contribution in [0.2, 0.25) is 0 Å². The summed E-state index contributed by atoms with van der Waals surface area (Å²) in [6.45, 7) is 1.17. The molecule has 0 atom stereocenters. The summed E-state index contributed by atoms with van der Waals surface area (Å²) in [6.07, 6.45) is 6.85. The molecular formula is C14H21N. The van der Waals surface area contributed by atoms with Gasteiger partial charge in [0.1, 0.15) is 0 Å². The molecule has 0 aliphatic heterocycles. The van der Waals surface area contributed by atoms with Crippen LogP contribution >= 0.6 is 0 Å². The molecule has 0 heterocycles. The Morgan fingerprint density at radius 3 is 2.40 bits per heavy atom. The van der Waals surface area contributed by atoms with Crippen molar-refractivity contribution in [2.24, 2.45) is 5.41 Å². The molecule has 0 radical (unpaired) electrons. The molecule has 0 bridgehead atoms. The van der Waals surface area contributed by atoms with Crippen LogP contribution in [0.4, 0.5) is 0 Å². The quantitative estimate of drug-likeness (QED) is 0.793. The minimum absolute atomic E-state index is 0.538. The minimum Gasteiger partial charge on any atom is -0.319 e. The molecule has 15 heavy (non-hydrogen) atoms. The van der Waals surface area contributed by atoms with E-state index in [0.717, 1.165) is 0 Å². The van der Waals surface area contributed by atoms with Gasteiger partial charge in [0.25, 0.3) is 0 Å². The monoisotopic (exact) mass is 203 g/mol. The lowest BCUT2D eigenvalue weighted by molar-refractivity contribution is 0.286. The Morgan fingerprint density at radius 2 is 1.80 bits per heavy atom. The molecule has 1 aliphatic rings. The van der Waals surface area contributed by atoms with E-state index in [4.69, 9.17) is 0 Å². The number of nitrogens with one attached hydrogen (secondary N) is 1. The molecule has 0 spiro atoms. The Morgan fingerprint density at radius 1 is 1.13 bits per heavy atom. The van der Waals surface area contributed by atoms with Gasteiger partial charge in [-0.2, -0.15) is 0 Å². The van der Waals surface area contributed by atoms with E-state index in [1.165, 1.54) is 44.2 Å². The Balaban J connectivity index is 2.07. The van der Waals surface area contributed by atoms with Crippen LogP contribution in [0, 0.1) is 5.41 Å². The topological polar surface area (TPSA) is 12.0 Å². The molecule has 2 rings (SSSR count). The maximum atomic E-state index is 3.37. The molecule has 1 heteroatoms. The summed E-state index contributed by atoms with van der Waals surface area (Å²) < 4.78 is 0. The van der Waals surface area contributed by atoms with Crippen LogP contribution in [0.25, 0.3) is 0 Å². The second kappa shape index (κ2) is 4.80. The average molecular weight is 203 g/mol. The summed E-state index contributed by atoms with van der Waals surface area (Å²) in [7, 11) is 2.07. The summed E-state index contributed by atoms with van der Waals surface area (Å²) in [4.78, 5) is 0. The van der Waals surface area contributed by atoms with E-state index >= 15 is 0 Å². The van der Waals surface area contributed by atoms with E-state index < -0.39 is 0 Å². The Kier molecular flexibility index (Phi) is 3.42. The van der Waals surface area contributed by atoms with E-state index in [2.05, 4.69) is 42.7 Å². The summed E-state index contributed by atoms with van der Waals surface area (Å²) in [5, 5.41) is 3.37. The van der Waals surface area contributed by atoms with Crippen molar-refractivity contribution in [1.29, 1.82) is 0 Å². The minimum atomic E-state index is 0.538. The highest BCUT2D eigenvalue weighted by molar-refractivity contribution is 5.17. The lowest BCUT2D eigenvalue weighted by Gasteiger charge is -2.28. The van der Waals surface area contributed by atoms with Gasteiger partial charge in [0, 0.05) is 6.54 Å². The van der Waals surface area contributed by atoms with E-state index in [1.54, 1.807) is 0 Å². The Bertz CT molecular complexity index is 285. The molecule has 0 aromatic heterocycles. The van der Waals surface area contributed by atoms with Crippen LogP contribution in [0.5, 0.6) is 0 Å². The zero-order valence-electron chi connectivity index (χ0n) is 9.63. The fourth-order valence-electron chi connectivity index (χ4n) is 2.94. The van der Waals surface area contributed by atoms with Crippen molar-refractivity contribution >= 4 is 0 Å². The largest absolute Gasteiger partial charge is 0.319 e. The van der Waals surface area contributed by atoms with Crippen LogP contribution in [-0.4, -0.2) is 13.6 Å². The first-order chi connectivity index (χ1) is 7.35. The summed E-state index contributed by atoms with van der Waals surface area (Å²) in [5.74, 6) is 0. The lowest BCUT2D eigenvalue weighted by atomic mass is 9.80. The molecule has 1 aliphatic carbocycles. The number of hydrogen-bond donors (Lipinski definition) is 1. The molecule has 0 unspecified atom stereocenters. The van der Waals surface area contributed by atoms with Crippen molar-refractivity contribution in [3.63, 3.8) is 0 Å². The van der Waals surface area contributed by atoms with Gasteiger partial charge >= 0.3 is 0 Å². The van der Waals surface area contributed by atoms with Crippen LogP contribution in [0.15, 0.2) is 30.3 Å². The van der Waals surface area contributed by atoms with Crippen molar-refractivity contribution in [3.05, 3.63) is 35.9 Å². The molecule has 1 nitrogen and oxygen atoms in total. The zero-order chi connectivity index (χ0) is 10.6. The van der Waals surface area contributed by atoms with E-state index in [-0.39, 0.29) is 0 Å². The van der Waals surface area contributed by atoms with Gasteiger partial charge in [-0.05, 0) is 37.3 Å². The maximum absolute atomic E-state index is 3.37. The third kappa shape index (κ3) is 2.60. The van der Waals surface area contributed by atoms with E-state index in [0.29, 0.717) is 5.41 Å². The van der Waals surface area contributed by atoms with Gasteiger partial charge in [-0.15, -0.1) is 0 Å². The predicted octanol–water partition coefficient (Wildman–Crippen LogP) is 3.01. The average Bonchev–Trinajstić information content (AvgIpc) is 2.69. The molecule has 1 aromatic carbocycles. The van der Waals surface area contributed by atoms with E-state index in [9.17, 15) is 0 Å². The van der Waals surface area contributed by atoms with Crippen molar-refractivity contribution in [2.75, 3.05) is 13.6 Å². The van der Waals surface area contributed by atoms with Crippen LogP contribution in [-0.2, 0) is 6.42 Å². The highest BCUT2D eigenvalue weighted by atomic mass is 14.8. The summed E-state index contributed by atoms with van der Waals surface area (Å²) in [6, 6.07) is 10.9. The molecule has 1 N–H and O–H groups in total. The first kappa shape index (κ1) is 10.7. The summed E-state index contributed by atoms with van der Waals surface area (Å²) >= 11 is 0. The standard InChI is InChI=1S/C14H21N/c1-15-12-14(9-5-6-10-14)11-13-7-3-2-4-8-13/h2-4,7-8,15H,5-6,9-12H2,1H3. The summed E-state index contributed by atoms with van der Waals surface area (Å²) in [5.41, 5.74) is 2.03. The predicted molar refractivity (Wildman–Crippen MR) is 65.0 cm³/mol. The van der Waals surface area contributed by atoms with Crippen LogP contribution < -0.4 is 5.32 Å². The highest BCUT2D eigenvalue weighted by Gasteiger charge is 2.32. The first-order valence-electron chi connectivity index (χ1n) is 6.03. The third-order valence-corrected chi connectivity index (χ3v) is 3.64. The van der Waals surface area contributed by atoms with Crippen LogP contribution in [0.3, 0.4) is 0 Å². The number of benzene rings is 1. The van der Waals surface area contributed by atoms with E-state index in [1.807, 2.05) is 0 Å². The second-order valence-corrected chi connectivity index (χ2v) is 4.90. The molecule has 1 saturated carbocycles. The Labute approximate surface area is 92.9 Å². The van der Waals surface area contributed by atoms with Gasteiger partial charge in [0.15, 0.2) is 0 Å². The first-order valence-corrected chi connectivity index (χ1v) is 6.03. The molecule has 0 amide bonds. The SMILES string of the molecule is CNCC1(Cc2ccccc2)CCCC1. The normalized spacial score (nSPS) is 19.3. The number of rotatable bonds is 4. The molecule has 1 fully saturated rings. The van der Waals surface area contributed by atoms with Gasteiger partial charge in [-0.1, -0.05) is 43.2 Å². The fraction of sp³-hybridized carbons (Fsp3) is 0.571. The van der Waals surface area contributed by atoms with Crippen molar-refractivity contribution in [1.82, 2.24) is 5.32 Å². The van der Waals surface area contributed by atoms with Crippen molar-refractivity contribution < 1.29 is 0 Å². The van der Waals surface area contributed by atoms with Crippen molar-refractivity contribution in [2.45, 2.75) is 32.1 Å². The molecule has 1 aromatic rings. The maximum Gasteiger partial charge on any atom is 0.000799 e.